The van der Waals surface area contributed by atoms with Gasteiger partial charge in [0.1, 0.15) is 11.0 Å². The highest BCUT2D eigenvalue weighted by atomic mass is 32.2. The van der Waals surface area contributed by atoms with Gasteiger partial charge in [0.15, 0.2) is 5.84 Å². The zero-order valence-corrected chi connectivity index (χ0v) is 16.4. The standard InChI is InChI=1S/C21H22N2O4S/c1-15(16-8-3-2-4-9-16)27-21(24)17-10-7-13-23(14-17)20-18-11-5-6-12-19(18)28(25,26)22-20/h2-6,8-9,11-12,15,17H,7,10,13-14H2,1H3/t15-,17-/m1/s1. The molecule has 4 rings (SSSR count). The highest BCUT2D eigenvalue weighted by Crippen LogP contribution is 2.30. The molecule has 0 aliphatic carbocycles. The van der Waals surface area contributed by atoms with E-state index in [1.54, 1.807) is 24.3 Å². The van der Waals surface area contributed by atoms with E-state index in [4.69, 9.17) is 4.74 Å². The number of amidine groups is 1. The Hall–Kier alpha value is -2.67. The minimum atomic E-state index is -3.67. The van der Waals surface area contributed by atoms with Crippen molar-refractivity contribution in [3.8, 4) is 0 Å². The van der Waals surface area contributed by atoms with Crippen molar-refractivity contribution in [3.63, 3.8) is 0 Å². The van der Waals surface area contributed by atoms with Gasteiger partial charge < -0.3 is 9.64 Å². The summed E-state index contributed by atoms with van der Waals surface area (Å²) < 4.78 is 34.3. The predicted octanol–water partition coefficient (Wildman–Crippen LogP) is 3.15. The maximum absolute atomic E-state index is 12.7. The van der Waals surface area contributed by atoms with Crippen LogP contribution in [0.2, 0.25) is 0 Å². The van der Waals surface area contributed by atoms with Gasteiger partial charge in [-0.15, -0.1) is 4.40 Å². The first-order chi connectivity index (χ1) is 13.5. The monoisotopic (exact) mass is 398 g/mol. The third kappa shape index (κ3) is 3.54. The molecule has 0 amide bonds. The van der Waals surface area contributed by atoms with Crippen LogP contribution in [0.5, 0.6) is 0 Å². The topological polar surface area (TPSA) is 76.0 Å². The molecule has 0 radical (unpaired) electrons. The number of carbonyl (C=O) groups is 1. The lowest BCUT2D eigenvalue weighted by atomic mass is 9.97. The molecule has 7 heteroatoms. The van der Waals surface area contributed by atoms with Crippen LogP contribution in [0.4, 0.5) is 0 Å². The number of hydrogen-bond acceptors (Lipinski definition) is 5. The average molecular weight is 398 g/mol. The van der Waals surface area contributed by atoms with Gasteiger partial charge in [-0.3, -0.25) is 4.79 Å². The zero-order chi connectivity index (χ0) is 19.7. The number of likely N-dealkylation sites (tertiary alicyclic amines) is 1. The molecule has 0 bridgehead atoms. The molecule has 0 unspecified atom stereocenters. The van der Waals surface area contributed by atoms with Gasteiger partial charge in [0, 0.05) is 18.7 Å². The van der Waals surface area contributed by atoms with Crippen LogP contribution >= 0.6 is 0 Å². The van der Waals surface area contributed by atoms with Gasteiger partial charge in [0.05, 0.1) is 5.92 Å². The Morgan fingerprint density at radius 2 is 1.86 bits per heavy atom. The van der Waals surface area contributed by atoms with Crippen LogP contribution in [0.1, 0.15) is 37.0 Å². The normalized spacial score (nSPS) is 21.5. The lowest BCUT2D eigenvalue weighted by molar-refractivity contribution is -0.155. The summed E-state index contributed by atoms with van der Waals surface area (Å²) in [6.45, 7) is 2.93. The fourth-order valence-corrected chi connectivity index (χ4v) is 4.97. The summed E-state index contributed by atoms with van der Waals surface area (Å²) in [5, 5.41) is 0. The maximum atomic E-state index is 12.7. The Morgan fingerprint density at radius 1 is 1.14 bits per heavy atom. The van der Waals surface area contributed by atoms with Crippen LogP contribution in [0.25, 0.3) is 0 Å². The molecule has 6 nitrogen and oxygen atoms in total. The van der Waals surface area contributed by atoms with Crippen molar-refractivity contribution in [1.82, 2.24) is 4.90 Å². The molecule has 0 saturated carbocycles. The van der Waals surface area contributed by atoms with Gasteiger partial charge in [0.25, 0.3) is 10.0 Å². The molecule has 0 spiro atoms. The third-order valence-electron chi connectivity index (χ3n) is 5.23. The minimum absolute atomic E-state index is 0.229. The summed E-state index contributed by atoms with van der Waals surface area (Å²) in [5.41, 5.74) is 1.55. The van der Waals surface area contributed by atoms with E-state index < -0.39 is 10.0 Å². The molecule has 1 saturated heterocycles. The first-order valence-electron chi connectivity index (χ1n) is 9.40. The van der Waals surface area contributed by atoms with Crippen LogP contribution in [0.15, 0.2) is 63.9 Å². The number of hydrogen-bond donors (Lipinski definition) is 0. The first kappa shape index (κ1) is 18.7. The summed E-state index contributed by atoms with van der Waals surface area (Å²) >= 11 is 0. The summed E-state index contributed by atoms with van der Waals surface area (Å²) in [6.07, 6.45) is 1.17. The molecule has 1 fully saturated rings. The van der Waals surface area contributed by atoms with Crippen molar-refractivity contribution in [2.75, 3.05) is 13.1 Å². The number of nitrogens with zero attached hydrogens (tertiary/aromatic N) is 2. The van der Waals surface area contributed by atoms with E-state index in [1.807, 2.05) is 42.2 Å². The molecule has 0 aromatic heterocycles. The molecular formula is C21H22N2O4S. The summed E-state index contributed by atoms with van der Waals surface area (Å²) in [5.74, 6) is -0.127. The van der Waals surface area contributed by atoms with Gasteiger partial charge in [-0.25, -0.2) is 0 Å². The van der Waals surface area contributed by atoms with Crippen LogP contribution in [-0.2, 0) is 19.6 Å². The van der Waals surface area contributed by atoms with Gasteiger partial charge >= 0.3 is 5.97 Å². The Balaban J connectivity index is 1.49. The Kier molecular flexibility index (Phi) is 4.93. The van der Waals surface area contributed by atoms with Crippen LogP contribution in [0.3, 0.4) is 0 Å². The smallest absolute Gasteiger partial charge is 0.311 e. The van der Waals surface area contributed by atoms with Gasteiger partial charge in [-0.2, -0.15) is 8.42 Å². The van der Waals surface area contributed by atoms with E-state index in [1.165, 1.54) is 0 Å². The molecule has 146 valence electrons. The number of fused-ring (bicyclic) bond motifs is 1. The molecular weight excluding hydrogens is 376 g/mol. The van der Waals surface area contributed by atoms with E-state index >= 15 is 0 Å². The number of ether oxygens (including phenoxy) is 1. The van der Waals surface area contributed by atoms with Crippen LogP contribution in [-0.4, -0.2) is 38.2 Å². The predicted molar refractivity (Wildman–Crippen MR) is 105 cm³/mol. The van der Waals surface area contributed by atoms with Crippen molar-refractivity contribution in [2.24, 2.45) is 10.3 Å². The van der Waals surface area contributed by atoms with Crippen LogP contribution < -0.4 is 0 Å². The molecule has 2 atom stereocenters. The van der Waals surface area contributed by atoms with Crippen molar-refractivity contribution >= 4 is 21.8 Å². The highest BCUT2D eigenvalue weighted by molar-refractivity contribution is 7.90. The molecule has 2 aliphatic rings. The SMILES string of the molecule is C[C@@H](OC(=O)[C@@H]1CCCN(C2=NS(=O)(=O)c3ccccc32)C1)c1ccccc1. The molecule has 0 N–H and O–H groups in total. The lowest BCUT2D eigenvalue weighted by Crippen LogP contribution is -2.42. The number of piperidine rings is 1. The largest absolute Gasteiger partial charge is 0.458 e. The third-order valence-corrected chi connectivity index (χ3v) is 6.55. The number of sulfonamides is 1. The lowest BCUT2D eigenvalue weighted by Gasteiger charge is -2.33. The minimum Gasteiger partial charge on any atom is -0.458 e. The highest BCUT2D eigenvalue weighted by Gasteiger charge is 2.35. The van der Waals surface area contributed by atoms with Crippen LogP contribution in [0, 0.1) is 5.92 Å². The van der Waals surface area contributed by atoms with Crippen molar-refractivity contribution in [3.05, 3.63) is 65.7 Å². The van der Waals surface area contributed by atoms with Gasteiger partial charge in [0.2, 0.25) is 0 Å². The quantitative estimate of drug-likeness (QED) is 0.743. The summed E-state index contributed by atoms with van der Waals surface area (Å²) in [4.78, 5) is 14.8. The van der Waals surface area contributed by atoms with E-state index in [0.29, 0.717) is 24.5 Å². The zero-order valence-electron chi connectivity index (χ0n) is 15.6. The molecule has 2 aliphatic heterocycles. The number of rotatable bonds is 3. The van der Waals surface area contributed by atoms with E-state index in [0.717, 1.165) is 18.4 Å². The van der Waals surface area contributed by atoms with Crippen molar-refractivity contribution in [2.45, 2.75) is 30.8 Å². The number of benzene rings is 2. The second kappa shape index (κ2) is 7.39. The average Bonchev–Trinajstić information content (AvgIpc) is 3.00. The Labute approximate surface area is 164 Å². The number of esters is 1. The first-order valence-corrected chi connectivity index (χ1v) is 10.8. The van der Waals surface area contributed by atoms with E-state index in [-0.39, 0.29) is 22.9 Å². The summed E-state index contributed by atoms with van der Waals surface area (Å²) in [6, 6.07) is 16.4. The van der Waals surface area contributed by atoms with Gasteiger partial charge in [-0.1, -0.05) is 42.5 Å². The molecule has 2 heterocycles. The Morgan fingerprint density at radius 3 is 2.64 bits per heavy atom. The molecule has 2 aromatic carbocycles. The summed E-state index contributed by atoms with van der Waals surface area (Å²) in [7, 11) is -3.67. The molecule has 28 heavy (non-hydrogen) atoms. The molecule has 2 aromatic rings. The maximum Gasteiger partial charge on any atom is 0.311 e. The fraction of sp³-hybridized carbons (Fsp3) is 0.333. The second-order valence-corrected chi connectivity index (χ2v) is 8.73. The van der Waals surface area contributed by atoms with E-state index in [2.05, 4.69) is 4.40 Å². The number of carbonyl (C=O) groups excluding carboxylic acids is 1. The second-order valence-electron chi connectivity index (χ2n) is 7.16. The Bertz CT molecular complexity index is 1020. The van der Waals surface area contributed by atoms with Crippen molar-refractivity contribution in [1.29, 1.82) is 0 Å². The fourth-order valence-electron chi connectivity index (χ4n) is 3.74. The van der Waals surface area contributed by atoms with Gasteiger partial charge in [-0.05, 0) is 37.5 Å². The van der Waals surface area contributed by atoms with E-state index in [9.17, 15) is 13.2 Å². The van der Waals surface area contributed by atoms with Crippen molar-refractivity contribution < 1.29 is 17.9 Å².